The minimum absolute atomic E-state index is 0.140. The maximum Gasteiger partial charge on any atom is 0.337 e. The zero-order valence-electron chi connectivity index (χ0n) is 20.2. The number of benzene rings is 3. The molecule has 8 heteroatoms. The summed E-state index contributed by atoms with van der Waals surface area (Å²) in [4.78, 5) is 51.7. The van der Waals surface area contributed by atoms with Gasteiger partial charge >= 0.3 is 12.0 Å². The van der Waals surface area contributed by atoms with Gasteiger partial charge in [-0.05, 0) is 48.4 Å². The quantitative estimate of drug-likeness (QED) is 0.252. The van der Waals surface area contributed by atoms with Crippen LogP contribution in [0.2, 0.25) is 0 Å². The lowest BCUT2D eigenvalue weighted by molar-refractivity contribution is -0.122. The van der Waals surface area contributed by atoms with E-state index in [1.54, 1.807) is 43.3 Å². The first-order valence-electron chi connectivity index (χ1n) is 11.6. The van der Waals surface area contributed by atoms with E-state index in [9.17, 15) is 19.2 Å². The van der Waals surface area contributed by atoms with Crippen LogP contribution in [0.4, 0.5) is 10.5 Å². The number of urea groups is 1. The van der Waals surface area contributed by atoms with Gasteiger partial charge in [0, 0.05) is 29.2 Å². The molecule has 1 aliphatic rings. The van der Waals surface area contributed by atoms with Gasteiger partial charge in [-0.25, -0.2) is 14.5 Å². The SMILES string of the molecule is COC(=O)c1cccc(Cn2cc(/C=C3\C(=O)NC(=O)N(c4ccccc4C)C3=O)c3ccccc32)c1. The highest BCUT2D eigenvalue weighted by Crippen LogP contribution is 2.28. The van der Waals surface area contributed by atoms with Crippen LogP contribution < -0.4 is 10.2 Å². The van der Waals surface area contributed by atoms with E-state index in [1.807, 2.05) is 47.2 Å². The molecule has 2 heterocycles. The van der Waals surface area contributed by atoms with E-state index < -0.39 is 23.8 Å². The van der Waals surface area contributed by atoms with Gasteiger partial charge in [0.05, 0.1) is 18.4 Å². The van der Waals surface area contributed by atoms with Gasteiger partial charge in [-0.3, -0.25) is 14.9 Å². The molecule has 4 amide bonds. The summed E-state index contributed by atoms with van der Waals surface area (Å²) in [6.45, 7) is 2.24. The van der Waals surface area contributed by atoms with Crippen LogP contribution in [0.15, 0.2) is 84.6 Å². The van der Waals surface area contributed by atoms with Crippen molar-refractivity contribution < 1.29 is 23.9 Å². The molecule has 1 saturated heterocycles. The molecule has 184 valence electrons. The monoisotopic (exact) mass is 493 g/mol. The first kappa shape index (κ1) is 23.7. The highest BCUT2D eigenvalue weighted by molar-refractivity contribution is 6.39. The number of hydrogen-bond donors (Lipinski definition) is 1. The number of esters is 1. The Morgan fingerprint density at radius 3 is 2.51 bits per heavy atom. The average molecular weight is 494 g/mol. The van der Waals surface area contributed by atoms with Crippen molar-refractivity contribution in [3.63, 3.8) is 0 Å². The molecule has 1 N–H and O–H groups in total. The number of aryl methyl sites for hydroxylation is 1. The number of barbiturate groups is 1. The molecular weight excluding hydrogens is 470 g/mol. The highest BCUT2D eigenvalue weighted by Gasteiger charge is 2.37. The molecule has 0 aliphatic carbocycles. The molecule has 8 nitrogen and oxygen atoms in total. The van der Waals surface area contributed by atoms with Gasteiger partial charge in [0.1, 0.15) is 5.57 Å². The smallest absolute Gasteiger partial charge is 0.337 e. The fourth-order valence-electron chi connectivity index (χ4n) is 4.48. The predicted molar refractivity (Wildman–Crippen MR) is 139 cm³/mol. The van der Waals surface area contributed by atoms with Crippen LogP contribution in [-0.2, 0) is 20.9 Å². The summed E-state index contributed by atoms with van der Waals surface area (Å²) in [5.41, 5.74) is 3.86. The summed E-state index contributed by atoms with van der Waals surface area (Å²) >= 11 is 0. The molecule has 5 rings (SSSR count). The normalized spacial score (nSPS) is 14.8. The van der Waals surface area contributed by atoms with Gasteiger partial charge in [0.15, 0.2) is 0 Å². The summed E-state index contributed by atoms with van der Waals surface area (Å²) in [6, 6.07) is 21.0. The topological polar surface area (TPSA) is 97.7 Å². The molecule has 37 heavy (non-hydrogen) atoms. The Morgan fingerprint density at radius 1 is 0.973 bits per heavy atom. The number of amides is 4. The number of ether oxygens (including phenoxy) is 1. The van der Waals surface area contributed by atoms with Crippen LogP contribution in [0.5, 0.6) is 0 Å². The third-order valence-electron chi connectivity index (χ3n) is 6.28. The van der Waals surface area contributed by atoms with Crippen molar-refractivity contribution in [3.05, 3.63) is 107 Å². The van der Waals surface area contributed by atoms with Crippen LogP contribution in [0.3, 0.4) is 0 Å². The molecule has 3 aromatic carbocycles. The fourth-order valence-corrected chi connectivity index (χ4v) is 4.48. The molecule has 1 aliphatic heterocycles. The number of anilines is 1. The maximum absolute atomic E-state index is 13.4. The lowest BCUT2D eigenvalue weighted by atomic mass is 10.1. The number of hydrogen-bond acceptors (Lipinski definition) is 5. The van der Waals surface area contributed by atoms with E-state index in [1.165, 1.54) is 13.2 Å². The number of nitrogens with zero attached hydrogens (tertiary/aromatic N) is 2. The number of carbonyl (C=O) groups is 4. The summed E-state index contributed by atoms with van der Waals surface area (Å²) < 4.78 is 6.80. The Hall–Kier alpha value is -4.98. The summed E-state index contributed by atoms with van der Waals surface area (Å²) in [5, 5.41) is 3.11. The third-order valence-corrected chi connectivity index (χ3v) is 6.28. The molecule has 0 spiro atoms. The molecule has 1 aromatic heterocycles. The van der Waals surface area contributed by atoms with E-state index >= 15 is 0 Å². The van der Waals surface area contributed by atoms with Gasteiger partial charge in [0.2, 0.25) is 0 Å². The molecule has 0 unspecified atom stereocenters. The van der Waals surface area contributed by atoms with Crippen LogP contribution >= 0.6 is 0 Å². The Labute approximate surface area is 212 Å². The molecule has 0 atom stereocenters. The number of methoxy groups -OCH3 is 1. The molecule has 0 bridgehead atoms. The van der Waals surface area contributed by atoms with E-state index in [0.717, 1.165) is 26.9 Å². The van der Waals surface area contributed by atoms with E-state index in [4.69, 9.17) is 4.74 Å². The van der Waals surface area contributed by atoms with Crippen molar-refractivity contribution in [2.75, 3.05) is 12.0 Å². The molecule has 0 radical (unpaired) electrons. The second-order valence-electron chi connectivity index (χ2n) is 8.67. The third kappa shape index (κ3) is 4.40. The largest absolute Gasteiger partial charge is 0.465 e. The number of rotatable bonds is 5. The zero-order chi connectivity index (χ0) is 26.1. The summed E-state index contributed by atoms with van der Waals surface area (Å²) in [6.07, 6.45) is 3.36. The number of aromatic nitrogens is 1. The van der Waals surface area contributed by atoms with Crippen molar-refractivity contribution >= 4 is 46.5 Å². The van der Waals surface area contributed by atoms with Crippen LogP contribution in [0.1, 0.15) is 27.0 Å². The van der Waals surface area contributed by atoms with Crippen molar-refractivity contribution in [2.24, 2.45) is 0 Å². The van der Waals surface area contributed by atoms with Crippen LogP contribution in [-0.4, -0.2) is 35.5 Å². The number of para-hydroxylation sites is 2. The fraction of sp³-hybridized carbons (Fsp3) is 0.103. The van der Waals surface area contributed by atoms with Gasteiger partial charge in [-0.2, -0.15) is 0 Å². The Kier molecular flexibility index (Phi) is 6.15. The van der Waals surface area contributed by atoms with E-state index in [0.29, 0.717) is 23.4 Å². The second kappa shape index (κ2) is 9.58. The summed E-state index contributed by atoms with van der Waals surface area (Å²) in [7, 11) is 1.34. The Morgan fingerprint density at radius 2 is 1.73 bits per heavy atom. The minimum Gasteiger partial charge on any atom is -0.465 e. The molecule has 0 saturated carbocycles. The average Bonchev–Trinajstić information content (AvgIpc) is 3.24. The van der Waals surface area contributed by atoms with Gasteiger partial charge < -0.3 is 9.30 Å². The highest BCUT2D eigenvalue weighted by atomic mass is 16.5. The van der Waals surface area contributed by atoms with E-state index in [-0.39, 0.29) is 5.57 Å². The van der Waals surface area contributed by atoms with Crippen LogP contribution in [0, 0.1) is 6.92 Å². The van der Waals surface area contributed by atoms with Crippen molar-refractivity contribution in [2.45, 2.75) is 13.5 Å². The number of nitrogens with one attached hydrogen (secondary N) is 1. The first-order chi connectivity index (χ1) is 17.9. The number of imide groups is 2. The lowest BCUT2D eigenvalue weighted by Crippen LogP contribution is -2.54. The Bertz CT molecular complexity index is 1610. The standard InChI is InChI=1S/C29H23N3O5/c1-18-8-3-5-12-24(18)32-27(34)23(26(33)30-29(32)36)15-21-17-31(25-13-6-4-11-22(21)25)16-19-9-7-10-20(14-19)28(35)37-2/h3-15,17H,16H2,1-2H3,(H,30,33,36)/b23-15+. The number of fused-ring (bicyclic) bond motifs is 1. The van der Waals surface area contributed by atoms with E-state index in [2.05, 4.69) is 5.32 Å². The molecular formula is C29H23N3O5. The van der Waals surface area contributed by atoms with Crippen molar-refractivity contribution in [3.8, 4) is 0 Å². The zero-order valence-corrected chi connectivity index (χ0v) is 20.2. The van der Waals surface area contributed by atoms with Crippen LogP contribution in [0.25, 0.3) is 17.0 Å². The number of carbonyl (C=O) groups excluding carboxylic acids is 4. The lowest BCUT2D eigenvalue weighted by Gasteiger charge is -2.27. The maximum atomic E-state index is 13.4. The minimum atomic E-state index is -0.783. The van der Waals surface area contributed by atoms with Gasteiger partial charge in [0.25, 0.3) is 11.8 Å². The first-order valence-corrected chi connectivity index (χ1v) is 11.6. The second-order valence-corrected chi connectivity index (χ2v) is 8.67. The Balaban J connectivity index is 1.55. The van der Waals surface area contributed by atoms with Crippen molar-refractivity contribution in [1.29, 1.82) is 0 Å². The van der Waals surface area contributed by atoms with Gasteiger partial charge in [-0.1, -0.05) is 48.5 Å². The summed E-state index contributed by atoms with van der Waals surface area (Å²) in [5.74, 6) is -1.85. The van der Waals surface area contributed by atoms with Gasteiger partial charge in [-0.15, -0.1) is 0 Å². The molecule has 4 aromatic rings. The van der Waals surface area contributed by atoms with Crippen molar-refractivity contribution in [1.82, 2.24) is 9.88 Å². The predicted octanol–water partition coefficient (Wildman–Crippen LogP) is 4.45. The molecule has 1 fully saturated rings.